The van der Waals surface area contributed by atoms with Crippen molar-refractivity contribution in [3.8, 4) is 0 Å². The zero-order valence-electron chi connectivity index (χ0n) is 12.3. The monoisotopic (exact) mass is 339 g/mol. The number of amides is 1. The van der Waals surface area contributed by atoms with Gasteiger partial charge in [0.25, 0.3) is 5.91 Å². The second-order valence-electron chi connectivity index (χ2n) is 4.14. The van der Waals surface area contributed by atoms with Crippen LogP contribution in [-0.2, 0) is 14.3 Å². The van der Waals surface area contributed by atoms with E-state index in [0.717, 1.165) is 10.6 Å². The third-order valence-electron chi connectivity index (χ3n) is 2.39. The summed E-state index contributed by atoms with van der Waals surface area (Å²) in [6.45, 7) is 2.06. The summed E-state index contributed by atoms with van der Waals surface area (Å²) in [6, 6.07) is 7.49. The summed E-state index contributed by atoms with van der Waals surface area (Å²) in [5, 5.41) is 3.38. The molecule has 0 atom stereocenters. The standard InChI is InChI=1S/C16H18ClNO3S/c1-2-3-4-5-16(20)21-12-15(19)18-10-11-22-14-8-6-13(17)7-9-14/h2-9H,10-12H2,1H3,(H,18,19). The third kappa shape index (κ3) is 8.54. The van der Waals surface area contributed by atoms with Crippen LogP contribution in [0.2, 0.25) is 5.02 Å². The molecule has 0 saturated carbocycles. The van der Waals surface area contributed by atoms with Gasteiger partial charge in [-0.15, -0.1) is 11.8 Å². The highest BCUT2D eigenvalue weighted by molar-refractivity contribution is 7.99. The Morgan fingerprint density at radius 1 is 1.27 bits per heavy atom. The predicted molar refractivity (Wildman–Crippen MR) is 90.1 cm³/mol. The summed E-state index contributed by atoms with van der Waals surface area (Å²) >= 11 is 7.41. The largest absolute Gasteiger partial charge is 0.452 e. The fourth-order valence-corrected chi connectivity index (χ4v) is 2.27. The molecule has 0 heterocycles. The van der Waals surface area contributed by atoms with E-state index in [2.05, 4.69) is 5.32 Å². The highest BCUT2D eigenvalue weighted by Gasteiger charge is 2.04. The van der Waals surface area contributed by atoms with Gasteiger partial charge in [-0.1, -0.05) is 29.8 Å². The molecule has 0 fully saturated rings. The zero-order valence-corrected chi connectivity index (χ0v) is 13.8. The molecule has 6 heteroatoms. The van der Waals surface area contributed by atoms with Crippen molar-refractivity contribution in [2.45, 2.75) is 11.8 Å². The van der Waals surface area contributed by atoms with Crippen LogP contribution in [0.15, 0.2) is 53.5 Å². The van der Waals surface area contributed by atoms with E-state index in [1.165, 1.54) is 6.08 Å². The number of hydrogen-bond acceptors (Lipinski definition) is 4. The molecule has 0 spiro atoms. The normalized spacial score (nSPS) is 11.0. The Morgan fingerprint density at radius 3 is 2.68 bits per heavy atom. The first-order valence-electron chi connectivity index (χ1n) is 6.73. The number of halogens is 1. The first-order chi connectivity index (χ1) is 10.6. The zero-order chi connectivity index (χ0) is 16.2. The number of thioether (sulfide) groups is 1. The first kappa shape index (κ1) is 18.3. The Hall–Kier alpha value is -1.72. The van der Waals surface area contributed by atoms with Crippen LogP contribution < -0.4 is 5.32 Å². The molecule has 0 aliphatic rings. The van der Waals surface area contributed by atoms with E-state index in [1.54, 1.807) is 30.0 Å². The van der Waals surface area contributed by atoms with Crippen molar-refractivity contribution in [3.05, 3.63) is 53.6 Å². The lowest BCUT2D eigenvalue weighted by atomic mass is 10.4. The van der Waals surface area contributed by atoms with Crippen LogP contribution >= 0.6 is 23.4 Å². The van der Waals surface area contributed by atoms with Crippen molar-refractivity contribution < 1.29 is 14.3 Å². The fraction of sp³-hybridized carbons (Fsp3) is 0.250. The summed E-state index contributed by atoms with van der Waals surface area (Å²) in [7, 11) is 0. The van der Waals surface area contributed by atoms with Crippen molar-refractivity contribution in [3.63, 3.8) is 0 Å². The Kier molecular flexibility index (Phi) is 9.11. The van der Waals surface area contributed by atoms with Gasteiger partial charge in [-0.05, 0) is 31.2 Å². The molecule has 1 rings (SSSR count). The molecule has 4 nitrogen and oxygen atoms in total. The molecule has 1 amide bonds. The van der Waals surface area contributed by atoms with Crippen LogP contribution in [-0.4, -0.2) is 30.8 Å². The van der Waals surface area contributed by atoms with E-state index in [9.17, 15) is 9.59 Å². The molecule has 0 bridgehead atoms. The van der Waals surface area contributed by atoms with Crippen LogP contribution in [0.4, 0.5) is 0 Å². The van der Waals surface area contributed by atoms with Crippen LogP contribution in [0, 0.1) is 0 Å². The average molecular weight is 340 g/mol. The van der Waals surface area contributed by atoms with Crippen LogP contribution in [0.3, 0.4) is 0 Å². The van der Waals surface area contributed by atoms with Crippen molar-refractivity contribution in [2.75, 3.05) is 18.9 Å². The fourth-order valence-electron chi connectivity index (χ4n) is 1.37. The van der Waals surface area contributed by atoms with E-state index < -0.39 is 5.97 Å². The number of carbonyl (C=O) groups excluding carboxylic acids is 2. The topological polar surface area (TPSA) is 55.4 Å². The van der Waals surface area contributed by atoms with E-state index in [4.69, 9.17) is 16.3 Å². The number of nitrogens with one attached hydrogen (secondary N) is 1. The summed E-state index contributed by atoms with van der Waals surface area (Å²) in [5.41, 5.74) is 0. The minimum atomic E-state index is -0.538. The Labute approximate surface area is 139 Å². The van der Waals surface area contributed by atoms with Gasteiger partial charge >= 0.3 is 5.97 Å². The van der Waals surface area contributed by atoms with Gasteiger partial charge in [-0.2, -0.15) is 0 Å². The predicted octanol–water partition coefficient (Wildman–Crippen LogP) is 3.22. The molecule has 0 unspecified atom stereocenters. The summed E-state index contributed by atoms with van der Waals surface area (Å²) in [4.78, 5) is 23.8. The molecular formula is C16H18ClNO3S. The number of benzene rings is 1. The molecule has 1 aromatic carbocycles. The molecule has 0 aromatic heterocycles. The molecule has 0 aliphatic carbocycles. The lowest BCUT2D eigenvalue weighted by molar-refractivity contribution is -0.143. The third-order valence-corrected chi connectivity index (χ3v) is 3.65. The van der Waals surface area contributed by atoms with Gasteiger partial charge in [-0.3, -0.25) is 4.79 Å². The van der Waals surface area contributed by atoms with Crippen molar-refractivity contribution in [1.29, 1.82) is 0 Å². The maximum absolute atomic E-state index is 11.5. The van der Waals surface area contributed by atoms with Gasteiger partial charge < -0.3 is 10.1 Å². The van der Waals surface area contributed by atoms with Crippen LogP contribution in [0.1, 0.15) is 6.92 Å². The second kappa shape index (κ2) is 10.9. The smallest absolute Gasteiger partial charge is 0.331 e. The SMILES string of the molecule is CC=CC=CC(=O)OCC(=O)NCCSc1ccc(Cl)cc1. The number of allylic oxidation sites excluding steroid dienone is 3. The van der Waals surface area contributed by atoms with Gasteiger partial charge in [0.1, 0.15) is 0 Å². The molecular weight excluding hydrogens is 322 g/mol. The highest BCUT2D eigenvalue weighted by atomic mass is 35.5. The lowest BCUT2D eigenvalue weighted by Gasteiger charge is -2.05. The Bertz CT molecular complexity index is 541. The van der Waals surface area contributed by atoms with Crippen LogP contribution in [0.5, 0.6) is 0 Å². The van der Waals surface area contributed by atoms with Gasteiger partial charge in [0.15, 0.2) is 6.61 Å². The van der Waals surface area contributed by atoms with Crippen molar-refractivity contribution >= 4 is 35.2 Å². The molecule has 0 aliphatic heterocycles. The number of hydrogen-bond donors (Lipinski definition) is 1. The highest BCUT2D eigenvalue weighted by Crippen LogP contribution is 2.19. The van der Waals surface area contributed by atoms with E-state index in [1.807, 2.05) is 31.2 Å². The molecule has 22 heavy (non-hydrogen) atoms. The number of rotatable bonds is 8. The summed E-state index contributed by atoms with van der Waals surface area (Å²) in [6.07, 6.45) is 6.32. The Balaban J connectivity index is 2.13. The minimum Gasteiger partial charge on any atom is -0.452 e. The van der Waals surface area contributed by atoms with E-state index >= 15 is 0 Å². The minimum absolute atomic E-state index is 0.273. The van der Waals surface area contributed by atoms with Crippen molar-refractivity contribution in [2.24, 2.45) is 0 Å². The Morgan fingerprint density at radius 2 is 2.00 bits per heavy atom. The molecule has 0 saturated heterocycles. The van der Waals surface area contributed by atoms with E-state index in [-0.39, 0.29) is 12.5 Å². The lowest BCUT2D eigenvalue weighted by Crippen LogP contribution is -2.30. The average Bonchev–Trinajstić information content (AvgIpc) is 2.51. The van der Waals surface area contributed by atoms with Gasteiger partial charge in [0.05, 0.1) is 0 Å². The number of carbonyl (C=O) groups is 2. The van der Waals surface area contributed by atoms with Gasteiger partial charge in [0.2, 0.25) is 0 Å². The van der Waals surface area contributed by atoms with Gasteiger partial charge in [-0.25, -0.2) is 4.79 Å². The molecule has 1 aromatic rings. The molecule has 1 N–H and O–H groups in total. The maximum Gasteiger partial charge on any atom is 0.331 e. The summed E-state index contributed by atoms with van der Waals surface area (Å²) < 4.78 is 4.79. The van der Waals surface area contributed by atoms with Gasteiger partial charge in [0, 0.05) is 28.3 Å². The summed E-state index contributed by atoms with van der Waals surface area (Å²) in [5.74, 6) is -0.129. The van der Waals surface area contributed by atoms with Crippen molar-refractivity contribution in [1.82, 2.24) is 5.32 Å². The van der Waals surface area contributed by atoms with Crippen LogP contribution in [0.25, 0.3) is 0 Å². The number of ether oxygens (including phenoxy) is 1. The molecule has 118 valence electrons. The quantitative estimate of drug-likeness (QED) is 0.260. The maximum atomic E-state index is 11.5. The second-order valence-corrected chi connectivity index (χ2v) is 5.75. The molecule has 0 radical (unpaired) electrons. The first-order valence-corrected chi connectivity index (χ1v) is 8.09. The number of esters is 1. The van der Waals surface area contributed by atoms with E-state index in [0.29, 0.717) is 11.6 Å².